The number of nitrogens with zero attached hydrogens (tertiary/aromatic N) is 5. The first kappa shape index (κ1) is 7.59. The minimum Gasteiger partial charge on any atom is -0.343 e. The highest BCUT2D eigenvalue weighted by Crippen LogP contribution is 1.94. The van der Waals surface area contributed by atoms with Crippen molar-refractivity contribution in [1.29, 1.82) is 0 Å². The van der Waals surface area contributed by atoms with Gasteiger partial charge >= 0.3 is 0 Å². The maximum absolute atomic E-state index is 10.3. The molecular formula is C6H5N5O2. The zero-order valence-corrected chi connectivity index (χ0v) is 6.49. The molecule has 0 atom stereocenters. The van der Waals surface area contributed by atoms with Crippen LogP contribution in [0.2, 0.25) is 0 Å². The summed E-state index contributed by atoms with van der Waals surface area (Å²) in [7, 11) is 0. The molecule has 13 heavy (non-hydrogen) atoms. The second-order valence-electron chi connectivity index (χ2n) is 2.31. The molecule has 2 rings (SSSR count). The molecule has 0 saturated heterocycles. The topological polar surface area (TPSA) is 86.7 Å². The van der Waals surface area contributed by atoms with Gasteiger partial charge in [0, 0.05) is 0 Å². The molecule has 2 aromatic rings. The first-order valence-corrected chi connectivity index (χ1v) is 3.49. The van der Waals surface area contributed by atoms with Crippen LogP contribution in [-0.2, 0) is 6.54 Å². The summed E-state index contributed by atoms with van der Waals surface area (Å²) < 4.78 is 5.98. The number of carbonyl (C=O) groups is 1. The largest absolute Gasteiger partial charge is 0.343 e. The minimum absolute atomic E-state index is 0.281. The first-order valence-electron chi connectivity index (χ1n) is 3.49. The lowest BCUT2D eigenvalue weighted by Gasteiger charge is -1.90. The zero-order valence-electron chi connectivity index (χ0n) is 6.49. The monoisotopic (exact) mass is 179 g/mol. The Balaban J connectivity index is 2.14. The highest BCUT2D eigenvalue weighted by molar-refractivity contribution is 5.70. The molecular weight excluding hydrogens is 174 g/mol. The highest BCUT2D eigenvalue weighted by atomic mass is 16.5. The molecule has 7 heteroatoms. The van der Waals surface area contributed by atoms with Crippen LogP contribution < -0.4 is 0 Å². The number of hydrogen-bond acceptors (Lipinski definition) is 6. The standard InChI is InChI=1S/C6H5N5O2/c12-3-5-1-11(10-8-5)2-6-7-4-13-9-6/h1,3-4H,2H2. The maximum Gasteiger partial charge on any atom is 0.213 e. The third-order valence-corrected chi connectivity index (χ3v) is 1.39. The number of aldehydes is 1. The van der Waals surface area contributed by atoms with Crippen LogP contribution in [0.25, 0.3) is 0 Å². The molecule has 0 saturated carbocycles. The van der Waals surface area contributed by atoms with Gasteiger partial charge in [-0.15, -0.1) is 5.10 Å². The minimum atomic E-state index is 0.281. The van der Waals surface area contributed by atoms with E-state index in [4.69, 9.17) is 0 Å². The summed E-state index contributed by atoms with van der Waals surface area (Å²) >= 11 is 0. The lowest BCUT2D eigenvalue weighted by atomic mass is 10.5. The number of hydrogen-bond donors (Lipinski definition) is 0. The van der Waals surface area contributed by atoms with E-state index >= 15 is 0 Å². The van der Waals surface area contributed by atoms with Crippen molar-refractivity contribution >= 4 is 6.29 Å². The predicted molar refractivity (Wildman–Crippen MR) is 38.8 cm³/mol. The number of rotatable bonds is 3. The Morgan fingerprint density at radius 2 is 2.54 bits per heavy atom. The molecule has 0 aliphatic rings. The van der Waals surface area contributed by atoms with Crippen molar-refractivity contribution in [2.45, 2.75) is 6.54 Å². The Morgan fingerprint density at radius 3 is 3.15 bits per heavy atom. The van der Waals surface area contributed by atoms with Gasteiger partial charge in [-0.25, -0.2) is 4.68 Å². The van der Waals surface area contributed by atoms with Crippen LogP contribution in [0.1, 0.15) is 16.3 Å². The van der Waals surface area contributed by atoms with Crippen molar-refractivity contribution in [3.63, 3.8) is 0 Å². The highest BCUT2D eigenvalue weighted by Gasteiger charge is 2.02. The van der Waals surface area contributed by atoms with E-state index in [2.05, 4.69) is 25.0 Å². The van der Waals surface area contributed by atoms with Crippen LogP contribution in [0.5, 0.6) is 0 Å². The fourth-order valence-electron chi connectivity index (χ4n) is 0.852. The van der Waals surface area contributed by atoms with Gasteiger partial charge in [-0.3, -0.25) is 4.79 Å². The van der Waals surface area contributed by atoms with Gasteiger partial charge in [-0.05, 0) is 0 Å². The van der Waals surface area contributed by atoms with Crippen LogP contribution in [0.3, 0.4) is 0 Å². The van der Waals surface area contributed by atoms with Gasteiger partial charge in [0.05, 0.1) is 6.20 Å². The summed E-state index contributed by atoms with van der Waals surface area (Å²) in [4.78, 5) is 14.0. The maximum atomic E-state index is 10.3. The van der Waals surface area contributed by atoms with Crippen LogP contribution in [0, 0.1) is 0 Å². The van der Waals surface area contributed by atoms with E-state index in [0.717, 1.165) is 0 Å². The fraction of sp³-hybridized carbons (Fsp3) is 0.167. The van der Waals surface area contributed by atoms with Gasteiger partial charge in [0.2, 0.25) is 6.39 Å². The van der Waals surface area contributed by atoms with E-state index in [9.17, 15) is 4.79 Å². The van der Waals surface area contributed by atoms with Crippen LogP contribution in [0.15, 0.2) is 17.1 Å². The summed E-state index contributed by atoms with van der Waals surface area (Å²) in [6, 6.07) is 0. The van der Waals surface area contributed by atoms with Crippen molar-refractivity contribution in [3.8, 4) is 0 Å². The molecule has 2 heterocycles. The molecule has 7 nitrogen and oxygen atoms in total. The number of aromatic nitrogens is 5. The lowest BCUT2D eigenvalue weighted by Crippen LogP contribution is -2.01. The normalized spacial score (nSPS) is 10.2. The fourth-order valence-corrected chi connectivity index (χ4v) is 0.852. The van der Waals surface area contributed by atoms with Crippen LogP contribution in [0.4, 0.5) is 0 Å². The molecule has 0 radical (unpaired) electrons. The van der Waals surface area contributed by atoms with Crippen molar-refractivity contribution < 1.29 is 9.32 Å². The van der Waals surface area contributed by atoms with E-state index in [1.807, 2.05) is 0 Å². The quantitative estimate of drug-likeness (QED) is 0.591. The van der Waals surface area contributed by atoms with Crippen LogP contribution >= 0.6 is 0 Å². The van der Waals surface area contributed by atoms with E-state index in [0.29, 0.717) is 18.7 Å². The summed E-state index contributed by atoms with van der Waals surface area (Å²) in [5, 5.41) is 10.8. The summed E-state index contributed by atoms with van der Waals surface area (Å²) in [6.07, 6.45) is 3.36. The molecule has 0 spiro atoms. The van der Waals surface area contributed by atoms with Crippen LogP contribution in [-0.4, -0.2) is 31.4 Å². The Kier molecular flexibility index (Phi) is 1.83. The molecule has 0 unspecified atom stereocenters. The van der Waals surface area contributed by atoms with Crippen molar-refractivity contribution in [2.24, 2.45) is 0 Å². The van der Waals surface area contributed by atoms with Crippen molar-refractivity contribution in [3.05, 3.63) is 24.1 Å². The summed E-state index contributed by atoms with van der Waals surface area (Å²) in [5.41, 5.74) is 0.281. The van der Waals surface area contributed by atoms with Gasteiger partial charge in [0.15, 0.2) is 12.1 Å². The van der Waals surface area contributed by atoms with E-state index in [1.165, 1.54) is 17.3 Å². The van der Waals surface area contributed by atoms with Gasteiger partial charge in [0.1, 0.15) is 12.2 Å². The predicted octanol–water partition coefficient (Wildman–Crippen LogP) is -0.478. The van der Waals surface area contributed by atoms with Gasteiger partial charge in [-0.1, -0.05) is 10.4 Å². The number of carbonyl (C=O) groups excluding carboxylic acids is 1. The third kappa shape index (κ3) is 1.58. The summed E-state index contributed by atoms with van der Waals surface area (Å²) in [5.74, 6) is 0.488. The van der Waals surface area contributed by atoms with E-state index in [-0.39, 0.29) is 5.69 Å². The second kappa shape index (κ2) is 3.13. The van der Waals surface area contributed by atoms with Crippen molar-refractivity contribution in [2.75, 3.05) is 0 Å². The molecule has 0 aliphatic carbocycles. The molecule has 0 aromatic carbocycles. The molecule has 2 aromatic heterocycles. The van der Waals surface area contributed by atoms with E-state index < -0.39 is 0 Å². The molecule has 0 amide bonds. The SMILES string of the molecule is O=Cc1cn(Cc2ncon2)nn1. The molecule has 0 bridgehead atoms. The van der Waals surface area contributed by atoms with Gasteiger partial charge < -0.3 is 4.52 Å². The molecule has 0 fully saturated rings. The second-order valence-corrected chi connectivity index (χ2v) is 2.31. The van der Waals surface area contributed by atoms with Gasteiger partial charge in [-0.2, -0.15) is 4.98 Å². The average Bonchev–Trinajstić information content (AvgIpc) is 2.76. The average molecular weight is 179 g/mol. The van der Waals surface area contributed by atoms with E-state index in [1.54, 1.807) is 0 Å². The Bertz CT molecular complexity index is 393. The third-order valence-electron chi connectivity index (χ3n) is 1.39. The first-order chi connectivity index (χ1) is 6.38. The lowest BCUT2D eigenvalue weighted by molar-refractivity contribution is 0.111. The smallest absolute Gasteiger partial charge is 0.213 e. The Morgan fingerprint density at radius 1 is 1.62 bits per heavy atom. The molecule has 0 N–H and O–H groups in total. The van der Waals surface area contributed by atoms with Gasteiger partial charge in [0.25, 0.3) is 0 Å². The molecule has 66 valence electrons. The molecule has 0 aliphatic heterocycles. The van der Waals surface area contributed by atoms with Crippen molar-refractivity contribution in [1.82, 2.24) is 25.1 Å². The Labute approximate surface area is 72.4 Å². The Hall–Kier alpha value is -2.05. The summed E-state index contributed by atoms with van der Waals surface area (Å²) in [6.45, 7) is 0.345. The zero-order chi connectivity index (χ0) is 9.10.